The van der Waals surface area contributed by atoms with Gasteiger partial charge in [-0.1, -0.05) is 30.3 Å². The normalized spacial score (nSPS) is 12.3. The first-order valence-corrected chi connectivity index (χ1v) is 8.38. The number of nitriles is 1. The second-order valence-corrected chi connectivity index (χ2v) is 6.05. The number of benzene rings is 2. The Bertz CT molecular complexity index is 1010. The van der Waals surface area contributed by atoms with Gasteiger partial charge < -0.3 is 10.2 Å². The van der Waals surface area contributed by atoms with Crippen LogP contribution in [0.3, 0.4) is 0 Å². The zero-order valence-corrected chi connectivity index (χ0v) is 14.0. The maximum atomic E-state index is 12.8. The number of pyridine rings is 1. The Kier molecular flexibility index (Phi) is 4.08. The molecule has 0 unspecified atom stereocenters. The molecule has 26 heavy (non-hydrogen) atoms. The van der Waals surface area contributed by atoms with Crippen molar-refractivity contribution in [2.24, 2.45) is 0 Å². The number of fused-ring (bicyclic) bond motifs is 1. The maximum absolute atomic E-state index is 12.8. The molecule has 2 aromatic carbocycles. The lowest BCUT2D eigenvalue weighted by atomic mass is 10.2. The molecule has 1 aliphatic rings. The molecular formula is C21H16N4O. The lowest BCUT2D eigenvalue weighted by Crippen LogP contribution is -2.29. The van der Waals surface area contributed by atoms with Crippen LogP contribution in [0, 0.1) is 11.3 Å². The Hall–Kier alpha value is -3.65. The van der Waals surface area contributed by atoms with Gasteiger partial charge in [-0.05, 0) is 42.3 Å². The number of anilines is 3. The average Bonchev–Trinajstić information content (AvgIpc) is 3.12. The molecule has 0 bridgehead atoms. The molecule has 0 saturated carbocycles. The Morgan fingerprint density at radius 2 is 1.88 bits per heavy atom. The summed E-state index contributed by atoms with van der Waals surface area (Å²) in [5.74, 6) is -0.0982. The zero-order chi connectivity index (χ0) is 17.9. The number of amides is 1. The van der Waals surface area contributed by atoms with E-state index >= 15 is 0 Å². The molecule has 0 fully saturated rings. The summed E-state index contributed by atoms with van der Waals surface area (Å²) in [5, 5.41) is 12.3. The van der Waals surface area contributed by atoms with Crippen LogP contribution in [0.5, 0.6) is 0 Å². The van der Waals surface area contributed by atoms with Crippen LogP contribution in [0.1, 0.15) is 21.6 Å². The van der Waals surface area contributed by atoms with Crippen LogP contribution in [0.15, 0.2) is 66.9 Å². The first kappa shape index (κ1) is 15.9. The van der Waals surface area contributed by atoms with Crippen molar-refractivity contribution >= 4 is 23.0 Å². The third kappa shape index (κ3) is 2.89. The van der Waals surface area contributed by atoms with Gasteiger partial charge in [-0.2, -0.15) is 5.26 Å². The van der Waals surface area contributed by atoms with Crippen LogP contribution in [0.25, 0.3) is 0 Å². The fourth-order valence-corrected chi connectivity index (χ4v) is 3.13. The number of nitrogens with one attached hydrogen (secondary N) is 1. The van der Waals surface area contributed by atoms with Gasteiger partial charge in [-0.3, -0.25) is 4.79 Å². The van der Waals surface area contributed by atoms with Crippen molar-refractivity contribution in [3.05, 3.63) is 83.7 Å². The van der Waals surface area contributed by atoms with E-state index in [1.807, 2.05) is 36.4 Å². The van der Waals surface area contributed by atoms with E-state index in [-0.39, 0.29) is 5.91 Å². The molecule has 0 spiro atoms. The molecule has 0 aliphatic carbocycles. The predicted octanol–water partition coefficient (Wildman–Crippen LogP) is 3.90. The zero-order valence-electron chi connectivity index (χ0n) is 14.0. The molecular weight excluding hydrogens is 324 g/mol. The van der Waals surface area contributed by atoms with Gasteiger partial charge in [0.05, 0.1) is 23.1 Å². The van der Waals surface area contributed by atoms with Crippen molar-refractivity contribution in [1.29, 1.82) is 5.26 Å². The van der Waals surface area contributed by atoms with Crippen LogP contribution in [0.4, 0.5) is 17.1 Å². The number of hydrogen-bond donors (Lipinski definition) is 1. The fraction of sp³-hybridized carbons (Fsp3) is 0.0952. The summed E-state index contributed by atoms with van der Waals surface area (Å²) in [6, 6.07) is 20.9. The molecule has 1 N–H and O–H groups in total. The third-order valence-corrected chi connectivity index (χ3v) is 4.44. The van der Waals surface area contributed by atoms with Gasteiger partial charge in [0.15, 0.2) is 0 Å². The minimum absolute atomic E-state index is 0.0982. The molecule has 0 atom stereocenters. The molecule has 1 aliphatic heterocycles. The largest absolute Gasteiger partial charge is 0.353 e. The Morgan fingerprint density at radius 3 is 2.69 bits per heavy atom. The summed E-state index contributed by atoms with van der Waals surface area (Å²) in [6.45, 7) is 0.676. The van der Waals surface area contributed by atoms with Gasteiger partial charge in [0.2, 0.25) is 0 Å². The van der Waals surface area contributed by atoms with Crippen LogP contribution in [-0.4, -0.2) is 17.4 Å². The van der Waals surface area contributed by atoms with Crippen molar-refractivity contribution in [2.75, 3.05) is 16.8 Å². The molecule has 5 heteroatoms. The maximum Gasteiger partial charge on any atom is 0.276 e. The molecule has 5 nitrogen and oxygen atoms in total. The van der Waals surface area contributed by atoms with Crippen molar-refractivity contribution in [3.63, 3.8) is 0 Å². The molecule has 0 saturated heterocycles. The smallest absolute Gasteiger partial charge is 0.276 e. The van der Waals surface area contributed by atoms with Crippen molar-refractivity contribution < 1.29 is 4.79 Å². The quantitative estimate of drug-likeness (QED) is 0.785. The summed E-state index contributed by atoms with van der Waals surface area (Å²) in [7, 11) is 0. The van der Waals surface area contributed by atoms with Gasteiger partial charge in [-0.15, -0.1) is 0 Å². The third-order valence-electron chi connectivity index (χ3n) is 4.44. The van der Waals surface area contributed by atoms with Crippen molar-refractivity contribution in [2.45, 2.75) is 6.42 Å². The van der Waals surface area contributed by atoms with E-state index in [1.165, 1.54) is 5.56 Å². The minimum atomic E-state index is -0.0982. The summed E-state index contributed by atoms with van der Waals surface area (Å²) in [5.41, 5.74) is 4.55. The van der Waals surface area contributed by atoms with Gasteiger partial charge in [0.1, 0.15) is 11.8 Å². The Morgan fingerprint density at radius 1 is 1.08 bits per heavy atom. The monoisotopic (exact) mass is 340 g/mol. The topological polar surface area (TPSA) is 69.0 Å². The molecule has 1 aromatic heterocycles. The summed E-state index contributed by atoms with van der Waals surface area (Å²) >= 11 is 0. The van der Waals surface area contributed by atoms with E-state index in [1.54, 1.807) is 29.3 Å². The van der Waals surface area contributed by atoms with Crippen molar-refractivity contribution in [1.82, 2.24) is 4.98 Å². The lowest BCUT2D eigenvalue weighted by Gasteiger charge is -2.17. The summed E-state index contributed by atoms with van der Waals surface area (Å²) in [6.07, 6.45) is 2.48. The number of hydrogen-bond acceptors (Lipinski definition) is 4. The SMILES string of the molecule is N#Cc1ccccc1Nc1ccc(C(=O)N2CCc3ccccc32)nc1. The molecule has 126 valence electrons. The first-order chi connectivity index (χ1) is 12.8. The second kappa shape index (κ2) is 6.69. The number of aromatic nitrogens is 1. The van der Waals surface area contributed by atoms with E-state index in [0.29, 0.717) is 23.5 Å². The number of para-hydroxylation sites is 2. The average molecular weight is 340 g/mol. The highest BCUT2D eigenvalue weighted by Crippen LogP contribution is 2.28. The first-order valence-electron chi connectivity index (χ1n) is 8.38. The molecule has 2 heterocycles. The number of carbonyl (C=O) groups is 1. The van der Waals surface area contributed by atoms with Crippen LogP contribution < -0.4 is 10.2 Å². The summed E-state index contributed by atoms with van der Waals surface area (Å²) < 4.78 is 0. The van der Waals surface area contributed by atoms with E-state index < -0.39 is 0 Å². The standard InChI is InChI=1S/C21H16N4O/c22-13-16-6-1-3-7-18(16)24-17-9-10-19(23-14-17)21(26)25-12-11-15-5-2-4-8-20(15)25/h1-10,14,24H,11-12H2. The number of carbonyl (C=O) groups excluding carboxylic acids is 1. The highest BCUT2D eigenvalue weighted by atomic mass is 16.2. The predicted molar refractivity (Wildman–Crippen MR) is 100 cm³/mol. The Balaban J connectivity index is 1.53. The van der Waals surface area contributed by atoms with E-state index in [9.17, 15) is 4.79 Å². The van der Waals surface area contributed by atoms with E-state index in [2.05, 4.69) is 22.4 Å². The van der Waals surface area contributed by atoms with Crippen LogP contribution >= 0.6 is 0 Å². The Labute approximate surface area is 151 Å². The van der Waals surface area contributed by atoms with Gasteiger partial charge in [0, 0.05) is 12.2 Å². The number of rotatable bonds is 3. The minimum Gasteiger partial charge on any atom is -0.353 e. The molecule has 0 radical (unpaired) electrons. The molecule has 3 aromatic rings. The fourth-order valence-electron chi connectivity index (χ4n) is 3.13. The van der Waals surface area contributed by atoms with Crippen LogP contribution in [0.2, 0.25) is 0 Å². The van der Waals surface area contributed by atoms with Crippen molar-refractivity contribution in [3.8, 4) is 6.07 Å². The van der Waals surface area contributed by atoms with Crippen LogP contribution in [-0.2, 0) is 6.42 Å². The summed E-state index contributed by atoms with van der Waals surface area (Å²) in [4.78, 5) is 18.9. The second-order valence-electron chi connectivity index (χ2n) is 6.05. The molecule has 1 amide bonds. The van der Waals surface area contributed by atoms with E-state index in [0.717, 1.165) is 17.8 Å². The van der Waals surface area contributed by atoms with Gasteiger partial charge in [-0.25, -0.2) is 4.98 Å². The number of nitrogens with zero attached hydrogens (tertiary/aromatic N) is 3. The highest BCUT2D eigenvalue weighted by Gasteiger charge is 2.25. The van der Waals surface area contributed by atoms with Gasteiger partial charge >= 0.3 is 0 Å². The lowest BCUT2D eigenvalue weighted by molar-refractivity contribution is 0.0984. The van der Waals surface area contributed by atoms with E-state index in [4.69, 9.17) is 5.26 Å². The highest BCUT2D eigenvalue weighted by molar-refractivity contribution is 6.06. The van der Waals surface area contributed by atoms with Gasteiger partial charge in [0.25, 0.3) is 5.91 Å². The molecule has 4 rings (SSSR count).